The number of benzene rings is 1. The molecule has 1 aliphatic carbocycles. The molecule has 144 valence electrons. The average Bonchev–Trinajstić information content (AvgIpc) is 2.84. The lowest BCUT2D eigenvalue weighted by atomic mass is 9.76. The molecule has 1 saturated carbocycles. The number of carboxylic acid groups (broad SMARTS) is 1. The minimum atomic E-state index is -1.04. The number of aliphatic carboxylic acids is 1. The highest BCUT2D eigenvalue weighted by atomic mass is 16.4. The van der Waals surface area contributed by atoms with Crippen LogP contribution in [-0.2, 0) is 22.6 Å². The second kappa shape index (κ2) is 7.55. The van der Waals surface area contributed by atoms with Crippen LogP contribution >= 0.6 is 0 Å². The van der Waals surface area contributed by atoms with E-state index in [-0.39, 0.29) is 12.3 Å². The van der Waals surface area contributed by atoms with Crippen LogP contribution in [0.5, 0.6) is 0 Å². The summed E-state index contributed by atoms with van der Waals surface area (Å²) in [5, 5.41) is 16.7. The molecule has 27 heavy (non-hydrogen) atoms. The van der Waals surface area contributed by atoms with Crippen molar-refractivity contribution in [3.63, 3.8) is 0 Å². The monoisotopic (exact) mass is 369 g/mol. The van der Waals surface area contributed by atoms with Crippen molar-refractivity contribution < 1.29 is 14.7 Å². The molecule has 1 heterocycles. The lowest BCUT2D eigenvalue weighted by molar-refractivity contribution is -0.151. The molecule has 1 aliphatic rings. The number of nitrogens with zero attached hydrogens (tertiary/aromatic N) is 2. The number of nitrogens with one attached hydrogen (secondary N) is 1. The average molecular weight is 369 g/mol. The second-order valence-corrected chi connectivity index (χ2v) is 7.58. The molecule has 6 heteroatoms. The van der Waals surface area contributed by atoms with E-state index in [9.17, 15) is 14.7 Å². The Kier molecular flexibility index (Phi) is 5.35. The molecule has 0 aliphatic heterocycles. The van der Waals surface area contributed by atoms with Crippen LogP contribution in [0, 0.1) is 20.8 Å². The van der Waals surface area contributed by atoms with E-state index in [4.69, 9.17) is 0 Å². The highest BCUT2D eigenvalue weighted by Gasteiger charge is 2.45. The number of carbonyl (C=O) groups is 2. The normalized spacial score (nSPS) is 15.2. The number of aryl methyl sites for hydroxylation is 2. The Bertz CT molecular complexity index is 848. The van der Waals surface area contributed by atoms with E-state index in [0.29, 0.717) is 25.8 Å². The summed E-state index contributed by atoms with van der Waals surface area (Å²) in [5.41, 5.74) is 4.40. The fourth-order valence-electron chi connectivity index (χ4n) is 3.61. The Morgan fingerprint density at radius 2 is 1.85 bits per heavy atom. The largest absolute Gasteiger partial charge is 0.480 e. The first kappa shape index (κ1) is 19.1. The third-order valence-corrected chi connectivity index (χ3v) is 5.58. The quantitative estimate of drug-likeness (QED) is 0.786. The molecule has 1 aromatic heterocycles. The smallest absolute Gasteiger partial charge is 0.329 e. The van der Waals surface area contributed by atoms with Crippen LogP contribution in [0.2, 0.25) is 0 Å². The Morgan fingerprint density at radius 3 is 2.41 bits per heavy atom. The van der Waals surface area contributed by atoms with Crippen LogP contribution in [-0.4, -0.2) is 32.3 Å². The molecule has 0 bridgehead atoms. The lowest BCUT2D eigenvalue weighted by Gasteiger charge is -2.38. The molecule has 0 saturated heterocycles. The maximum Gasteiger partial charge on any atom is 0.329 e. The summed E-state index contributed by atoms with van der Waals surface area (Å²) in [5.74, 6) is -1.14. The van der Waals surface area contributed by atoms with Gasteiger partial charge in [-0.2, -0.15) is 5.10 Å². The van der Waals surface area contributed by atoms with Crippen molar-refractivity contribution in [1.82, 2.24) is 15.1 Å². The summed E-state index contributed by atoms with van der Waals surface area (Å²) >= 11 is 0. The zero-order valence-electron chi connectivity index (χ0n) is 16.2. The van der Waals surface area contributed by atoms with Crippen molar-refractivity contribution in [2.24, 2.45) is 0 Å². The first-order valence-corrected chi connectivity index (χ1v) is 9.43. The van der Waals surface area contributed by atoms with Crippen LogP contribution in [0.3, 0.4) is 0 Å². The van der Waals surface area contributed by atoms with Crippen LogP contribution in [0.4, 0.5) is 0 Å². The van der Waals surface area contributed by atoms with E-state index < -0.39 is 11.5 Å². The maximum absolute atomic E-state index is 12.3. The zero-order valence-corrected chi connectivity index (χ0v) is 16.2. The number of rotatable bonds is 7. The minimum absolute atomic E-state index is 0.206. The van der Waals surface area contributed by atoms with Gasteiger partial charge in [0.05, 0.1) is 12.2 Å². The molecule has 2 N–H and O–H groups in total. The Balaban J connectivity index is 1.63. The highest BCUT2D eigenvalue weighted by molar-refractivity contribution is 5.87. The standard InChI is InChI=1S/C21H27N3O3/c1-14-5-7-17(8-6-14)13-24-16(3)18(15(2)23-24)9-10-19(25)22-21(20(26)27)11-4-12-21/h5-8H,4,9-13H2,1-3H3,(H,22,25)(H,26,27). The van der Waals surface area contributed by atoms with Crippen molar-refractivity contribution in [2.45, 2.75) is 65.0 Å². The highest BCUT2D eigenvalue weighted by Crippen LogP contribution is 2.32. The molecular weight excluding hydrogens is 342 g/mol. The lowest BCUT2D eigenvalue weighted by Crippen LogP contribution is -2.59. The van der Waals surface area contributed by atoms with Gasteiger partial charge >= 0.3 is 5.97 Å². The number of amides is 1. The topological polar surface area (TPSA) is 84.2 Å². The number of carboxylic acids is 1. The van der Waals surface area contributed by atoms with Crippen LogP contribution < -0.4 is 5.32 Å². The maximum atomic E-state index is 12.3. The van der Waals surface area contributed by atoms with Crippen LogP contribution in [0.15, 0.2) is 24.3 Å². The van der Waals surface area contributed by atoms with Crippen molar-refractivity contribution in [3.05, 3.63) is 52.3 Å². The summed E-state index contributed by atoms with van der Waals surface area (Å²) in [7, 11) is 0. The van der Waals surface area contributed by atoms with Gasteiger partial charge in [-0.05, 0) is 57.6 Å². The van der Waals surface area contributed by atoms with E-state index in [1.54, 1.807) is 0 Å². The van der Waals surface area contributed by atoms with E-state index in [1.807, 2.05) is 18.5 Å². The van der Waals surface area contributed by atoms with E-state index >= 15 is 0 Å². The SMILES string of the molecule is Cc1ccc(Cn2nc(C)c(CCC(=O)NC3(C(=O)O)CCC3)c2C)cc1. The fourth-order valence-corrected chi connectivity index (χ4v) is 3.61. The third kappa shape index (κ3) is 4.04. The van der Waals surface area contributed by atoms with Gasteiger partial charge in [0.2, 0.25) is 5.91 Å². The van der Waals surface area contributed by atoms with Crippen molar-refractivity contribution in [1.29, 1.82) is 0 Å². The molecule has 6 nitrogen and oxygen atoms in total. The molecule has 1 aromatic carbocycles. The van der Waals surface area contributed by atoms with Crippen LogP contribution in [0.25, 0.3) is 0 Å². The van der Waals surface area contributed by atoms with E-state index in [1.165, 1.54) is 11.1 Å². The first-order valence-electron chi connectivity index (χ1n) is 9.43. The summed E-state index contributed by atoms with van der Waals surface area (Å²) in [6, 6.07) is 8.38. The van der Waals surface area contributed by atoms with Gasteiger partial charge in [-0.3, -0.25) is 9.48 Å². The van der Waals surface area contributed by atoms with Gasteiger partial charge in [0.1, 0.15) is 5.54 Å². The summed E-state index contributed by atoms with van der Waals surface area (Å²) < 4.78 is 1.97. The van der Waals surface area contributed by atoms with Gasteiger partial charge in [0.15, 0.2) is 0 Å². The van der Waals surface area contributed by atoms with Crippen molar-refractivity contribution in [3.8, 4) is 0 Å². The Labute approximate surface area is 159 Å². The molecule has 1 amide bonds. The van der Waals surface area contributed by atoms with Gasteiger partial charge in [-0.15, -0.1) is 0 Å². The predicted octanol–water partition coefficient (Wildman–Crippen LogP) is 2.91. The van der Waals surface area contributed by atoms with Gasteiger partial charge in [-0.1, -0.05) is 29.8 Å². The number of carbonyl (C=O) groups excluding carboxylic acids is 1. The first-order chi connectivity index (χ1) is 12.8. The molecule has 3 rings (SSSR count). The number of aromatic nitrogens is 2. The molecule has 0 atom stereocenters. The van der Waals surface area contributed by atoms with E-state index in [2.05, 4.69) is 41.6 Å². The van der Waals surface area contributed by atoms with Gasteiger partial charge in [0.25, 0.3) is 0 Å². The molecule has 0 radical (unpaired) electrons. The minimum Gasteiger partial charge on any atom is -0.480 e. The van der Waals surface area contributed by atoms with Crippen molar-refractivity contribution >= 4 is 11.9 Å². The Hall–Kier alpha value is -2.63. The predicted molar refractivity (Wildman–Crippen MR) is 103 cm³/mol. The van der Waals surface area contributed by atoms with Gasteiger partial charge in [-0.25, -0.2) is 4.79 Å². The molecule has 0 unspecified atom stereocenters. The molecule has 2 aromatic rings. The number of hydrogen-bond donors (Lipinski definition) is 2. The summed E-state index contributed by atoms with van der Waals surface area (Å²) in [6.07, 6.45) is 2.71. The Morgan fingerprint density at radius 1 is 1.19 bits per heavy atom. The van der Waals surface area contributed by atoms with Gasteiger partial charge in [0, 0.05) is 12.1 Å². The van der Waals surface area contributed by atoms with Crippen molar-refractivity contribution in [2.75, 3.05) is 0 Å². The summed E-state index contributed by atoms with van der Waals surface area (Å²) in [4.78, 5) is 23.7. The molecular formula is C21H27N3O3. The zero-order chi connectivity index (χ0) is 19.6. The molecule has 1 fully saturated rings. The van der Waals surface area contributed by atoms with Crippen LogP contribution in [0.1, 0.15) is 53.8 Å². The molecule has 0 spiro atoms. The van der Waals surface area contributed by atoms with E-state index in [0.717, 1.165) is 23.4 Å². The fraction of sp³-hybridized carbons (Fsp3) is 0.476. The number of hydrogen-bond acceptors (Lipinski definition) is 3. The third-order valence-electron chi connectivity index (χ3n) is 5.58. The second-order valence-electron chi connectivity index (χ2n) is 7.58. The summed E-state index contributed by atoms with van der Waals surface area (Å²) in [6.45, 7) is 6.73. The van der Waals surface area contributed by atoms with Gasteiger partial charge < -0.3 is 10.4 Å².